The van der Waals surface area contributed by atoms with Crippen molar-refractivity contribution in [2.75, 3.05) is 0 Å². The van der Waals surface area contributed by atoms with Crippen molar-refractivity contribution in [2.45, 2.75) is 19.3 Å². The van der Waals surface area contributed by atoms with Crippen LogP contribution in [-0.2, 0) is 6.42 Å². The summed E-state index contributed by atoms with van der Waals surface area (Å²) in [7, 11) is 0. The van der Waals surface area contributed by atoms with Gasteiger partial charge in [0, 0.05) is 0 Å². The van der Waals surface area contributed by atoms with Crippen molar-refractivity contribution >= 4 is 0 Å². The maximum absolute atomic E-state index is 3.74. The first kappa shape index (κ1) is 12.0. The summed E-state index contributed by atoms with van der Waals surface area (Å²) in [6, 6.07) is 15.4. The molecule has 1 aliphatic carbocycles. The van der Waals surface area contributed by atoms with Crippen molar-refractivity contribution in [3.05, 3.63) is 84.0 Å². The molecule has 94 valence electrons. The van der Waals surface area contributed by atoms with E-state index in [1.54, 1.807) is 0 Å². The molecule has 0 amide bonds. The van der Waals surface area contributed by atoms with Crippen LogP contribution in [0.25, 0.3) is 11.1 Å². The Balaban J connectivity index is 2.08. The van der Waals surface area contributed by atoms with Gasteiger partial charge in [-0.2, -0.15) is 0 Å². The van der Waals surface area contributed by atoms with Crippen molar-refractivity contribution < 1.29 is 0 Å². The molecule has 0 aliphatic heterocycles. The molecule has 0 heteroatoms. The third kappa shape index (κ3) is 2.04. The van der Waals surface area contributed by atoms with Gasteiger partial charge in [0.15, 0.2) is 0 Å². The summed E-state index contributed by atoms with van der Waals surface area (Å²) in [6.07, 6.45) is 7.15. The quantitative estimate of drug-likeness (QED) is 0.564. The number of rotatable bonds is 3. The van der Waals surface area contributed by atoms with Gasteiger partial charge < -0.3 is 0 Å². The van der Waals surface area contributed by atoms with Crippen LogP contribution >= 0.6 is 0 Å². The highest BCUT2D eigenvalue weighted by molar-refractivity contribution is 5.78. The van der Waals surface area contributed by atoms with Crippen LogP contribution in [0.2, 0.25) is 0 Å². The second-order valence-electron chi connectivity index (χ2n) is 5.12. The summed E-state index contributed by atoms with van der Waals surface area (Å²) >= 11 is 0. The van der Waals surface area contributed by atoms with E-state index in [0.717, 1.165) is 6.42 Å². The molecule has 0 saturated carbocycles. The molecule has 0 radical (unpaired) electrons. The zero-order valence-electron chi connectivity index (χ0n) is 11.3. The highest BCUT2D eigenvalue weighted by Gasteiger charge is 2.21. The predicted molar refractivity (Wildman–Crippen MR) is 82.4 cm³/mol. The standard InChI is InChI=1S/C19H18/c1-3-4-8-14(2)16-11-7-12-18-17-10-6-5-9-15(17)13-19(16)18/h3-12,14H,1,13H2,2H3. The lowest BCUT2D eigenvalue weighted by atomic mass is 9.92. The van der Waals surface area contributed by atoms with Crippen LogP contribution in [-0.4, -0.2) is 0 Å². The lowest BCUT2D eigenvalue weighted by Crippen LogP contribution is -1.96. The molecule has 0 nitrogen and oxygen atoms in total. The van der Waals surface area contributed by atoms with Crippen LogP contribution in [0.3, 0.4) is 0 Å². The van der Waals surface area contributed by atoms with Gasteiger partial charge in [0.05, 0.1) is 0 Å². The molecule has 0 heterocycles. The van der Waals surface area contributed by atoms with Crippen LogP contribution in [0, 0.1) is 0 Å². The van der Waals surface area contributed by atoms with E-state index in [2.05, 4.69) is 62.0 Å². The van der Waals surface area contributed by atoms with Gasteiger partial charge in [0.1, 0.15) is 0 Å². The predicted octanol–water partition coefficient (Wildman–Crippen LogP) is 5.10. The Morgan fingerprint density at radius 3 is 2.68 bits per heavy atom. The molecule has 1 unspecified atom stereocenters. The van der Waals surface area contributed by atoms with Gasteiger partial charge in [0.2, 0.25) is 0 Å². The summed E-state index contributed by atoms with van der Waals surface area (Å²) in [4.78, 5) is 0. The first-order chi connectivity index (χ1) is 9.31. The highest BCUT2D eigenvalue weighted by Crippen LogP contribution is 2.40. The number of fused-ring (bicyclic) bond motifs is 3. The molecule has 0 aromatic heterocycles. The maximum atomic E-state index is 3.74. The fourth-order valence-electron chi connectivity index (χ4n) is 2.96. The van der Waals surface area contributed by atoms with Crippen LogP contribution in [0.15, 0.2) is 67.3 Å². The van der Waals surface area contributed by atoms with Gasteiger partial charge in [0.25, 0.3) is 0 Å². The second kappa shape index (κ2) is 4.89. The second-order valence-corrected chi connectivity index (χ2v) is 5.12. The van der Waals surface area contributed by atoms with E-state index in [9.17, 15) is 0 Å². The maximum Gasteiger partial charge on any atom is -0.000426 e. The number of benzene rings is 2. The molecule has 3 rings (SSSR count). The highest BCUT2D eigenvalue weighted by atomic mass is 14.2. The first-order valence-corrected chi connectivity index (χ1v) is 6.80. The topological polar surface area (TPSA) is 0 Å². The largest absolute Gasteiger partial charge is 0.0991 e. The minimum absolute atomic E-state index is 0.433. The molecule has 2 aromatic rings. The van der Waals surface area contributed by atoms with Crippen molar-refractivity contribution in [3.8, 4) is 11.1 Å². The van der Waals surface area contributed by atoms with Gasteiger partial charge >= 0.3 is 0 Å². The Morgan fingerprint density at radius 2 is 1.84 bits per heavy atom. The fourth-order valence-corrected chi connectivity index (χ4v) is 2.96. The van der Waals surface area contributed by atoms with Gasteiger partial charge in [-0.25, -0.2) is 0 Å². The Kier molecular flexibility index (Phi) is 3.08. The molecule has 0 N–H and O–H groups in total. The molecule has 0 fully saturated rings. The summed E-state index contributed by atoms with van der Waals surface area (Å²) in [5.41, 5.74) is 7.19. The van der Waals surface area contributed by atoms with E-state index in [1.807, 2.05) is 12.2 Å². The van der Waals surface area contributed by atoms with Crippen molar-refractivity contribution in [2.24, 2.45) is 0 Å². The Morgan fingerprint density at radius 1 is 1.05 bits per heavy atom. The molecule has 1 aliphatic rings. The third-order valence-electron chi connectivity index (χ3n) is 3.91. The van der Waals surface area contributed by atoms with Gasteiger partial charge in [-0.3, -0.25) is 0 Å². The fraction of sp³-hybridized carbons (Fsp3) is 0.158. The van der Waals surface area contributed by atoms with Crippen molar-refractivity contribution in [3.63, 3.8) is 0 Å². The average Bonchev–Trinajstić information content (AvgIpc) is 2.83. The van der Waals surface area contributed by atoms with E-state index in [0.29, 0.717) is 5.92 Å². The lowest BCUT2D eigenvalue weighted by Gasteiger charge is -2.12. The van der Waals surface area contributed by atoms with Gasteiger partial charge in [-0.05, 0) is 40.2 Å². The van der Waals surface area contributed by atoms with Crippen LogP contribution in [0.4, 0.5) is 0 Å². The molecule has 2 aromatic carbocycles. The molecule has 1 atom stereocenters. The van der Waals surface area contributed by atoms with E-state index >= 15 is 0 Å². The van der Waals surface area contributed by atoms with E-state index in [1.165, 1.54) is 27.8 Å². The van der Waals surface area contributed by atoms with E-state index in [4.69, 9.17) is 0 Å². The Hall–Kier alpha value is -2.08. The molecule has 0 bridgehead atoms. The molecular weight excluding hydrogens is 228 g/mol. The Bertz CT molecular complexity index is 647. The first-order valence-electron chi connectivity index (χ1n) is 6.80. The summed E-state index contributed by atoms with van der Waals surface area (Å²) in [5.74, 6) is 0.433. The zero-order valence-corrected chi connectivity index (χ0v) is 11.3. The van der Waals surface area contributed by atoms with Gasteiger partial charge in [-0.15, -0.1) is 0 Å². The van der Waals surface area contributed by atoms with E-state index < -0.39 is 0 Å². The van der Waals surface area contributed by atoms with Crippen LogP contribution < -0.4 is 0 Å². The van der Waals surface area contributed by atoms with E-state index in [-0.39, 0.29) is 0 Å². The monoisotopic (exact) mass is 246 g/mol. The zero-order chi connectivity index (χ0) is 13.2. The normalized spacial score (nSPS) is 14.2. The average molecular weight is 246 g/mol. The Labute approximate surface area is 115 Å². The summed E-state index contributed by atoms with van der Waals surface area (Å²) < 4.78 is 0. The molecule has 19 heavy (non-hydrogen) atoms. The van der Waals surface area contributed by atoms with Crippen molar-refractivity contribution in [1.29, 1.82) is 0 Å². The lowest BCUT2D eigenvalue weighted by molar-refractivity contribution is 0.945. The van der Waals surface area contributed by atoms with Crippen LogP contribution in [0.5, 0.6) is 0 Å². The summed E-state index contributed by atoms with van der Waals surface area (Å²) in [6.45, 7) is 5.99. The molecular formula is C19H18. The van der Waals surface area contributed by atoms with Gasteiger partial charge in [-0.1, -0.05) is 74.2 Å². The number of hydrogen-bond donors (Lipinski definition) is 0. The number of hydrogen-bond acceptors (Lipinski definition) is 0. The summed E-state index contributed by atoms with van der Waals surface area (Å²) in [5, 5.41) is 0. The number of allylic oxidation sites excluding steroid dienone is 3. The van der Waals surface area contributed by atoms with Crippen LogP contribution in [0.1, 0.15) is 29.5 Å². The SMILES string of the molecule is C=CC=CC(C)c1cccc2c1Cc1ccccc1-2. The molecule has 0 saturated heterocycles. The minimum atomic E-state index is 0.433. The smallest absolute Gasteiger partial charge is 0.000426 e. The third-order valence-corrected chi connectivity index (χ3v) is 3.91. The minimum Gasteiger partial charge on any atom is -0.0991 e. The molecule has 0 spiro atoms. The van der Waals surface area contributed by atoms with Crippen molar-refractivity contribution in [1.82, 2.24) is 0 Å².